The number of ether oxygens (including phenoxy) is 2. The van der Waals surface area contributed by atoms with E-state index < -0.39 is 0 Å². The maximum atomic E-state index is 11.7. The number of amides is 2. The van der Waals surface area contributed by atoms with Crippen molar-refractivity contribution in [3.05, 3.63) is 23.8 Å². The predicted molar refractivity (Wildman–Crippen MR) is 80.1 cm³/mol. The first-order valence-corrected chi connectivity index (χ1v) is 6.50. The summed E-state index contributed by atoms with van der Waals surface area (Å²) in [6, 6.07) is 5.24. The summed E-state index contributed by atoms with van der Waals surface area (Å²) in [7, 11) is 3.10. The molecule has 1 heterocycles. The molecule has 0 atom stereocenters. The topological polar surface area (TPSA) is 101 Å². The molecule has 0 fully saturated rings. The minimum absolute atomic E-state index is 0.0192. The Morgan fingerprint density at radius 3 is 2.91 bits per heavy atom. The zero-order chi connectivity index (χ0) is 15.9. The van der Waals surface area contributed by atoms with E-state index in [0.29, 0.717) is 22.8 Å². The van der Waals surface area contributed by atoms with Crippen molar-refractivity contribution in [3.63, 3.8) is 0 Å². The average molecular weight is 304 g/mol. The molecule has 8 nitrogen and oxygen atoms in total. The lowest BCUT2D eigenvalue weighted by Crippen LogP contribution is -2.20. The van der Waals surface area contributed by atoms with Crippen LogP contribution in [0.2, 0.25) is 0 Å². The van der Waals surface area contributed by atoms with Gasteiger partial charge in [-0.3, -0.25) is 9.59 Å². The van der Waals surface area contributed by atoms with E-state index in [-0.39, 0.29) is 24.7 Å². The molecule has 2 amide bonds. The van der Waals surface area contributed by atoms with Gasteiger partial charge in [0.1, 0.15) is 11.5 Å². The van der Waals surface area contributed by atoms with Gasteiger partial charge >= 0.3 is 0 Å². The van der Waals surface area contributed by atoms with Crippen molar-refractivity contribution in [2.45, 2.75) is 12.8 Å². The summed E-state index contributed by atoms with van der Waals surface area (Å²) in [5.74, 6) is 0.688. The highest BCUT2D eigenvalue weighted by molar-refractivity contribution is 6.11. The summed E-state index contributed by atoms with van der Waals surface area (Å²) >= 11 is 0. The number of carbonyl (C=O) groups is 2. The molecule has 0 aliphatic carbocycles. The van der Waals surface area contributed by atoms with Gasteiger partial charge in [0.15, 0.2) is 0 Å². The summed E-state index contributed by atoms with van der Waals surface area (Å²) in [6.45, 7) is 0. The molecular weight excluding hydrogens is 288 g/mol. The minimum Gasteiger partial charge on any atom is -0.497 e. The van der Waals surface area contributed by atoms with Crippen molar-refractivity contribution in [2.24, 2.45) is 10.2 Å². The SMILES string of the molecule is COc1ccc(OC)c(/C=N/NC(=O)CC2=NNC(=O)C2)c1. The van der Waals surface area contributed by atoms with Crippen LogP contribution in [0, 0.1) is 0 Å². The monoisotopic (exact) mass is 304 g/mol. The number of nitrogens with zero attached hydrogens (tertiary/aromatic N) is 2. The van der Waals surface area contributed by atoms with Gasteiger partial charge in [-0.05, 0) is 18.2 Å². The van der Waals surface area contributed by atoms with E-state index >= 15 is 0 Å². The normalized spacial score (nSPS) is 13.7. The van der Waals surface area contributed by atoms with Crippen LogP contribution in [0.5, 0.6) is 11.5 Å². The van der Waals surface area contributed by atoms with Gasteiger partial charge < -0.3 is 9.47 Å². The number of hydrogen-bond acceptors (Lipinski definition) is 6. The number of hydrazone groups is 2. The molecule has 22 heavy (non-hydrogen) atoms. The Morgan fingerprint density at radius 1 is 1.45 bits per heavy atom. The van der Waals surface area contributed by atoms with Crippen molar-refractivity contribution < 1.29 is 19.1 Å². The Hall–Kier alpha value is -2.90. The second kappa shape index (κ2) is 7.21. The zero-order valence-corrected chi connectivity index (χ0v) is 12.3. The highest BCUT2D eigenvalue weighted by Crippen LogP contribution is 2.22. The van der Waals surface area contributed by atoms with Crippen LogP contribution in [0.3, 0.4) is 0 Å². The largest absolute Gasteiger partial charge is 0.497 e. The molecule has 0 spiro atoms. The van der Waals surface area contributed by atoms with Crippen LogP contribution in [0.15, 0.2) is 28.4 Å². The summed E-state index contributed by atoms with van der Waals surface area (Å²) in [4.78, 5) is 22.6. The van der Waals surface area contributed by atoms with E-state index in [1.165, 1.54) is 6.21 Å². The second-order valence-electron chi connectivity index (χ2n) is 4.47. The maximum Gasteiger partial charge on any atom is 0.245 e. The van der Waals surface area contributed by atoms with Crippen LogP contribution in [-0.2, 0) is 9.59 Å². The number of hydrogen-bond donors (Lipinski definition) is 2. The lowest BCUT2D eigenvalue weighted by Gasteiger charge is -2.06. The quantitative estimate of drug-likeness (QED) is 0.587. The molecule has 1 aromatic carbocycles. The van der Waals surface area contributed by atoms with Crippen LogP contribution in [0.25, 0.3) is 0 Å². The fourth-order valence-electron chi connectivity index (χ4n) is 1.85. The predicted octanol–water partition coefficient (Wildman–Crippen LogP) is 0.420. The smallest absolute Gasteiger partial charge is 0.245 e. The lowest BCUT2D eigenvalue weighted by molar-refractivity contribution is -0.119. The fraction of sp³-hybridized carbons (Fsp3) is 0.286. The molecule has 1 aliphatic heterocycles. The first-order valence-electron chi connectivity index (χ1n) is 6.50. The third-order valence-electron chi connectivity index (χ3n) is 2.90. The Balaban J connectivity index is 1.94. The summed E-state index contributed by atoms with van der Waals surface area (Å²) in [5, 5.41) is 7.61. The van der Waals surface area contributed by atoms with E-state index in [1.54, 1.807) is 32.4 Å². The maximum absolute atomic E-state index is 11.7. The molecular formula is C14H16N4O4. The van der Waals surface area contributed by atoms with E-state index in [0.717, 1.165) is 0 Å². The van der Waals surface area contributed by atoms with Crippen LogP contribution < -0.4 is 20.3 Å². The van der Waals surface area contributed by atoms with E-state index in [1.807, 2.05) is 0 Å². The van der Waals surface area contributed by atoms with Gasteiger partial charge in [0.25, 0.3) is 0 Å². The molecule has 0 saturated heterocycles. The molecule has 0 saturated carbocycles. The first kappa shape index (κ1) is 15.5. The molecule has 0 aromatic heterocycles. The van der Waals surface area contributed by atoms with Crippen LogP contribution in [0.1, 0.15) is 18.4 Å². The Morgan fingerprint density at radius 2 is 2.27 bits per heavy atom. The molecule has 1 aromatic rings. The third-order valence-corrected chi connectivity index (χ3v) is 2.90. The lowest BCUT2D eigenvalue weighted by atomic mass is 10.2. The Labute approximate surface area is 127 Å². The van der Waals surface area contributed by atoms with Crippen molar-refractivity contribution >= 4 is 23.7 Å². The Kier molecular flexibility index (Phi) is 5.07. The van der Waals surface area contributed by atoms with Crippen LogP contribution in [-0.4, -0.2) is 38.0 Å². The molecule has 0 radical (unpaired) electrons. The first-order chi connectivity index (χ1) is 10.6. The molecule has 2 rings (SSSR count). The standard InChI is InChI=1S/C14H16N4O4/c1-21-11-3-4-12(22-2)9(5-11)8-15-17-13(19)6-10-7-14(20)18-16-10/h3-5,8H,6-7H2,1-2H3,(H,17,19)(H,18,20)/b15-8+. The van der Waals surface area contributed by atoms with Gasteiger partial charge in [0.2, 0.25) is 11.8 Å². The van der Waals surface area contributed by atoms with Gasteiger partial charge in [0.05, 0.1) is 39.0 Å². The van der Waals surface area contributed by atoms with Crippen molar-refractivity contribution in [1.29, 1.82) is 0 Å². The minimum atomic E-state index is -0.353. The number of nitrogens with one attached hydrogen (secondary N) is 2. The highest BCUT2D eigenvalue weighted by atomic mass is 16.5. The van der Waals surface area contributed by atoms with E-state index in [4.69, 9.17) is 9.47 Å². The third kappa shape index (κ3) is 4.05. The molecule has 8 heteroatoms. The van der Waals surface area contributed by atoms with Crippen LogP contribution >= 0.6 is 0 Å². The summed E-state index contributed by atoms with van der Waals surface area (Å²) in [6.07, 6.45) is 1.62. The molecule has 2 N–H and O–H groups in total. The fourth-order valence-corrected chi connectivity index (χ4v) is 1.85. The van der Waals surface area contributed by atoms with Gasteiger partial charge in [0, 0.05) is 5.56 Å². The van der Waals surface area contributed by atoms with Gasteiger partial charge in [-0.2, -0.15) is 10.2 Å². The highest BCUT2D eigenvalue weighted by Gasteiger charge is 2.17. The number of carbonyl (C=O) groups excluding carboxylic acids is 2. The second-order valence-corrected chi connectivity index (χ2v) is 4.47. The van der Waals surface area contributed by atoms with E-state index in [9.17, 15) is 9.59 Å². The molecule has 0 bridgehead atoms. The zero-order valence-electron chi connectivity index (χ0n) is 12.3. The van der Waals surface area contributed by atoms with Crippen LogP contribution in [0.4, 0.5) is 0 Å². The number of benzene rings is 1. The van der Waals surface area contributed by atoms with Gasteiger partial charge in [-0.25, -0.2) is 10.9 Å². The average Bonchev–Trinajstić information content (AvgIpc) is 2.92. The van der Waals surface area contributed by atoms with Gasteiger partial charge in [-0.1, -0.05) is 0 Å². The van der Waals surface area contributed by atoms with Crippen molar-refractivity contribution in [2.75, 3.05) is 14.2 Å². The molecule has 1 aliphatic rings. The summed E-state index contributed by atoms with van der Waals surface area (Å²) < 4.78 is 10.3. The Bertz CT molecular complexity index is 640. The van der Waals surface area contributed by atoms with E-state index in [2.05, 4.69) is 21.1 Å². The number of methoxy groups -OCH3 is 2. The summed E-state index contributed by atoms with van der Waals surface area (Å²) in [5.41, 5.74) is 5.81. The number of rotatable bonds is 6. The van der Waals surface area contributed by atoms with Crippen molar-refractivity contribution in [3.8, 4) is 11.5 Å². The molecule has 0 unspecified atom stereocenters. The van der Waals surface area contributed by atoms with Gasteiger partial charge in [-0.15, -0.1) is 0 Å². The molecule has 116 valence electrons. The van der Waals surface area contributed by atoms with Crippen molar-refractivity contribution in [1.82, 2.24) is 10.9 Å².